The lowest BCUT2D eigenvalue weighted by atomic mass is 10.2. The Labute approximate surface area is 122 Å². The van der Waals surface area contributed by atoms with E-state index < -0.39 is 0 Å². The van der Waals surface area contributed by atoms with Gasteiger partial charge in [0.2, 0.25) is 0 Å². The van der Waals surface area contributed by atoms with Crippen molar-refractivity contribution in [3.8, 4) is 0 Å². The van der Waals surface area contributed by atoms with Crippen LogP contribution in [0, 0.1) is 13.8 Å². The van der Waals surface area contributed by atoms with Gasteiger partial charge in [0, 0.05) is 25.0 Å². The summed E-state index contributed by atoms with van der Waals surface area (Å²) in [4.78, 5) is 9.06. The van der Waals surface area contributed by atoms with Gasteiger partial charge >= 0.3 is 0 Å². The summed E-state index contributed by atoms with van der Waals surface area (Å²) in [7, 11) is 1.92. The Kier molecular flexibility index (Phi) is 3.22. The maximum Gasteiger partial charge on any atom is 0.160 e. The molecule has 0 aliphatic rings. The molecule has 0 radical (unpaired) electrons. The predicted octanol–water partition coefficient (Wildman–Crippen LogP) is 2.57. The fourth-order valence-corrected chi connectivity index (χ4v) is 2.63. The standard InChI is InChI=1S/C14H16ClN5/c1-9-4-5-16-14-13(9)17-12(6-15)20(14)8-11-7-19(3)18-10(11)2/h4-5,7H,6,8H2,1-3H3. The van der Waals surface area contributed by atoms with Crippen LogP contribution in [-0.2, 0) is 19.5 Å². The highest BCUT2D eigenvalue weighted by Crippen LogP contribution is 2.20. The van der Waals surface area contributed by atoms with Crippen molar-refractivity contribution in [1.29, 1.82) is 0 Å². The van der Waals surface area contributed by atoms with E-state index in [1.807, 2.05) is 44.0 Å². The molecule has 0 aliphatic heterocycles. The Balaban J connectivity index is 2.15. The second-order valence-electron chi connectivity index (χ2n) is 4.96. The fourth-order valence-electron chi connectivity index (χ4n) is 2.43. The number of nitrogens with zero attached hydrogens (tertiary/aromatic N) is 5. The Hall–Kier alpha value is -1.88. The highest BCUT2D eigenvalue weighted by Gasteiger charge is 2.14. The molecule has 0 atom stereocenters. The molecular weight excluding hydrogens is 274 g/mol. The molecule has 0 aliphatic carbocycles. The van der Waals surface area contributed by atoms with Gasteiger partial charge in [-0.25, -0.2) is 9.97 Å². The molecule has 0 fully saturated rings. The smallest absolute Gasteiger partial charge is 0.160 e. The third-order valence-corrected chi connectivity index (χ3v) is 3.72. The van der Waals surface area contributed by atoms with Crippen LogP contribution in [0.5, 0.6) is 0 Å². The third-order valence-electron chi connectivity index (χ3n) is 3.48. The van der Waals surface area contributed by atoms with Crippen LogP contribution in [0.1, 0.15) is 22.6 Å². The van der Waals surface area contributed by atoms with E-state index in [9.17, 15) is 0 Å². The highest BCUT2D eigenvalue weighted by molar-refractivity contribution is 6.16. The molecule has 5 nitrogen and oxygen atoms in total. The van der Waals surface area contributed by atoms with E-state index in [0.717, 1.165) is 33.8 Å². The quantitative estimate of drug-likeness (QED) is 0.696. The fraction of sp³-hybridized carbons (Fsp3) is 0.357. The SMILES string of the molecule is Cc1nn(C)cc1Cn1c(CCl)nc2c(C)ccnc21. The van der Waals surface area contributed by atoms with Crippen molar-refractivity contribution in [1.82, 2.24) is 24.3 Å². The van der Waals surface area contributed by atoms with Crippen LogP contribution in [0.4, 0.5) is 0 Å². The van der Waals surface area contributed by atoms with Crippen molar-refractivity contribution in [2.45, 2.75) is 26.3 Å². The first kappa shape index (κ1) is 13.1. The summed E-state index contributed by atoms with van der Waals surface area (Å²) in [6, 6.07) is 1.97. The Morgan fingerprint density at radius 2 is 2.10 bits per heavy atom. The number of aryl methyl sites for hydroxylation is 3. The van der Waals surface area contributed by atoms with Crippen molar-refractivity contribution in [2.75, 3.05) is 0 Å². The van der Waals surface area contributed by atoms with Gasteiger partial charge in [0.15, 0.2) is 5.65 Å². The van der Waals surface area contributed by atoms with Crippen molar-refractivity contribution < 1.29 is 0 Å². The van der Waals surface area contributed by atoms with E-state index in [4.69, 9.17) is 11.6 Å². The van der Waals surface area contributed by atoms with Crippen LogP contribution in [0.25, 0.3) is 11.2 Å². The molecule has 3 rings (SSSR count). The van der Waals surface area contributed by atoms with E-state index in [2.05, 4.69) is 19.6 Å². The Bertz CT molecular complexity index is 771. The molecule has 3 heterocycles. The highest BCUT2D eigenvalue weighted by atomic mass is 35.5. The maximum atomic E-state index is 6.04. The lowest BCUT2D eigenvalue weighted by molar-refractivity contribution is 0.753. The van der Waals surface area contributed by atoms with Crippen LogP contribution in [0.15, 0.2) is 18.5 Å². The summed E-state index contributed by atoms with van der Waals surface area (Å²) in [5.41, 5.74) is 5.08. The molecule has 6 heteroatoms. The first-order chi connectivity index (χ1) is 9.60. The van der Waals surface area contributed by atoms with Crippen LogP contribution in [0.2, 0.25) is 0 Å². The molecule has 0 amide bonds. The molecule has 0 N–H and O–H groups in total. The number of rotatable bonds is 3. The molecule has 0 bridgehead atoms. The lowest BCUT2D eigenvalue weighted by Crippen LogP contribution is -2.05. The first-order valence-corrected chi connectivity index (χ1v) is 6.99. The predicted molar refractivity (Wildman–Crippen MR) is 78.9 cm³/mol. The normalized spacial score (nSPS) is 11.4. The lowest BCUT2D eigenvalue weighted by Gasteiger charge is -2.06. The topological polar surface area (TPSA) is 48.5 Å². The summed E-state index contributed by atoms with van der Waals surface area (Å²) in [6.07, 6.45) is 3.83. The van der Waals surface area contributed by atoms with Gasteiger partial charge in [-0.3, -0.25) is 4.68 Å². The van der Waals surface area contributed by atoms with Gasteiger partial charge in [0.1, 0.15) is 11.3 Å². The van der Waals surface area contributed by atoms with Crippen LogP contribution in [0.3, 0.4) is 0 Å². The second kappa shape index (κ2) is 4.90. The zero-order valence-corrected chi connectivity index (χ0v) is 12.5. The molecular formula is C14H16ClN5. The Morgan fingerprint density at radius 1 is 1.30 bits per heavy atom. The zero-order chi connectivity index (χ0) is 14.3. The minimum Gasteiger partial charge on any atom is -0.307 e. The second-order valence-corrected chi connectivity index (χ2v) is 5.23. The summed E-state index contributed by atoms with van der Waals surface area (Å²) < 4.78 is 3.89. The zero-order valence-electron chi connectivity index (χ0n) is 11.8. The molecule has 0 saturated heterocycles. The molecule has 20 heavy (non-hydrogen) atoms. The minimum absolute atomic E-state index is 0.370. The molecule has 0 spiro atoms. The van der Waals surface area contributed by atoms with Gasteiger partial charge in [0.25, 0.3) is 0 Å². The van der Waals surface area contributed by atoms with Gasteiger partial charge in [-0.2, -0.15) is 5.10 Å². The number of pyridine rings is 1. The van der Waals surface area contributed by atoms with Crippen molar-refractivity contribution in [3.05, 3.63) is 41.1 Å². The Morgan fingerprint density at radius 3 is 2.75 bits per heavy atom. The first-order valence-electron chi connectivity index (χ1n) is 6.46. The number of halogens is 1. The van der Waals surface area contributed by atoms with Crippen LogP contribution < -0.4 is 0 Å². The molecule has 0 saturated carbocycles. The van der Waals surface area contributed by atoms with E-state index in [0.29, 0.717) is 12.4 Å². The number of aromatic nitrogens is 5. The van der Waals surface area contributed by atoms with Crippen molar-refractivity contribution in [3.63, 3.8) is 0 Å². The molecule has 104 valence electrons. The largest absolute Gasteiger partial charge is 0.307 e. The number of alkyl halides is 1. The summed E-state index contributed by atoms with van der Waals surface area (Å²) >= 11 is 6.04. The molecule has 3 aromatic heterocycles. The van der Waals surface area contributed by atoms with E-state index >= 15 is 0 Å². The number of imidazole rings is 1. The van der Waals surface area contributed by atoms with E-state index in [1.54, 1.807) is 0 Å². The average molecular weight is 290 g/mol. The molecule has 0 aromatic carbocycles. The summed E-state index contributed by atoms with van der Waals surface area (Å²) in [5.74, 6) is 1.21. The van der Waals surface area contributed by atoms with Crippen molar-refractivity contribution in [2.24, 2.45) is 7.05 Å². The van der Waals surface area contributed by atoms with Gasteiger partial charge in [-0.15, -0.1) is 11.6 Å². The van der Waals surface area contributed by atoms with Gasteiger partial charge in [-0.1, -0.05) is 0 Å². The summed E-state index contributed by atoms with van der Waals surface area (Å²) in [6.45, 7) is 4.73. The van der Waals surface area contributed by atoms with Crippen LogP contribution in [-0.4, -0.2) is 24.3 Å². The number of fused-ring (bicyclic) bond motifs is 1. The monoisotopic (exact) mass is 289 g/mol. The number of hydrogen-bond acceptors (Lipinski definition) is 3. The molecule has 0 unspecified atom stereocenters. The van der Waals surface area contributed by atoms with Crippen LogP contribution >= 0.6 is 11.6 Å². The average Bonchev–Trinajstić information content (AvgIpc) is 2.92. The van der Waals surface area contributed by atoms with Crippen molar-refractivity contribution >= 4 is 22.8 Å². The van der Waals surface area contributed by atoms with Gasteiger partial charge in [-0.05, 0) is 25.5 Å². The third kappa shape index (κ3) is 2.08. The minimum atomic E-state index is 0.370. The summed E-state index contributed by atoms with van der Waals surface area (Å²) in [5, 5.41) is 4.37. The van der Waals surface area contributed by atoms with E-state index in [-0.39, 0.29) is 0 Å². The number of hydrogen-bond donors (Lipinski definition) is 0. The van der Waals surface area contributed by atoms with E-state index in [1.165, 1.54) is 0 Å². The maximum absolute atomic E-state index is 6.04. The van der Waals surface area contributed by atoms with Gasteiger partial charge < -0.3 is 4.57 Å². The van der Waals surface area contributed by atoms with Gasteiger partial charge in [0.05, 0.1) is 18.1 Å². The molecule has 3 aromatic rings.